The quantitative estimate of drug-likeness (QED) is 0.711. The van der Waals surface area contributed by atoms with Gasteiger partial charge in [0.05, 0.1) is 14.2 Å². The molecule has 1 saturated heterocycles. The van der Waals surface area contributed by atoms with Gasteiger partial charge in [-0.2, -0.15) is 0 Å². The van der Waals surface area contributed by atoms with E-state index in [0.717, 1.165) is 19.3 Å². The van der Waals surface area contributed by atoms with Crippen LogP contribution in [0.2, 0.25) is 0 Å². The number of rotatable bonds is 7. The summed E-state index contributed by atoms with van der Waals surface area (Å²) in [7, 11) is 3.12. The number of piperazine rings is 1. The molecule has 1 aliphatic rings. The minimum Gasteiger partial charge on any atom is -0.493 e. The van der Waals surface area contributed by atoms with E-state index in [-0.39, 0.29) is 11.8 Å². The SMILES string of the molecule is CCCCCC(=O)N1CCN(C(=O)c2ccc(OC)c(OC)c2)CC1. The Morgan fingerprint density at radius 2 is 1.60 bits per heavy atom. The second kappa shape index (κ2) is 9.30. The molecule has 1 heterocycles. The molecular weight excluding hydrogens is 320 g/mol. The highest BCUT2D eigenvalue weighted by atomic mass is 16.5. The van der Waals surface area contributed by atoms with E-state index in [1.165, 1.54) is 0 Å². The number of methoxy groups -OCH3 is 2. The molecule has 0 unspecified atom stereocenters. The predicted molar refractivity (Wildman–Crippen MR) is 96.2 cm³/mol. The van der Waals surface area contributed by atoms with E-state index in [4.69, 9.17) is 9.47 Å². The van der Waals surface area contributed by atoms with Gasteiger partial charge in [0.15, 0.2) is 11.5 Å². The first-order valence-corrected chi connectivity index (χ1v) is 8.89. The Kier molecular flexibility index (Phi) is 7.10. The molecule has 1 aromatic rings. The van der Waals surface area contributed by atoms with Crippen LogP contribution in [0.5, 0.6) is 11.5 Å². The maximum Gasteiger partial charge on any atom is 0.254 e. The van der Waals surface area contributed by atoms with Crippen molar-refractivity contribution in [1.29, 1.82) is 0 Å². The highest BCUT2D eigenvalue weighted by Gasteiger charge is 2.25. The molecule has 0 spiro atoms. The van der Waals surface area contributed by atoms with Crippen molar-refractivity contribution in [3.05, 3.63) is 23.8 Å². The lowest BCUT2D eigenvalue weighted by Gasteiger charge is -2.35. The number of ether oxygens (including phenoxy) is 2. The summed E-state index contributed by atoms with van der Waals surface area (Å²) >= 11 is 0. The number of carbonyl (C=O) groups excluding carboxylic acids is 2. The van der Waals surface area contributed by atoms with Gasteiger partial charge in [-0.1, -0.05) is 19.8 Å². The van der Waals surface area contributed by atoms with Gasteiger partial charge in [0, 0.05) is 38.2 Å². The van der Waals surface area contributed by atoms with E-state index in [1.54, 1.807) is 37.3 Å². The molecule has 138 valence electrons. The Labute approximate surface area is 149 Å². The van der Waals surface area contributed by atoms with Gasteiger partial charge in [0.1, 0.15) is 0 Å². The zero-order chi connectivity index (χ0) is 18.2. The van der Waals surface area contributed by atoms with Crippen molar-refractivity contribution in [2.75, 3.05) is 40.4 Å². The van der Waals surface area contributed by atoms with E-state index in [2.05, 4.69) is 6.92 Å². The minimum absolute atomic E-state index is 0.0426. The molecule has 0 bridgehead atoms. The van der Waals surface area contributed by atoms with E-state index in [9.17, 15) is 9.59 Å². The maximum absolute atomic E-state index is 12.7. The van der Waals surface area contributed by atoms with Crippen molar-refractivity contribution in [1.82, 2.24) is 9.80 Å². The van der Waals surface area contributed by atoms with Crippen LogP contribution in [-0.2, 0) is 4.79 Å². The summed E-state index contributed by atoms with van der Waals surface area (Å²) in [6.45, 7) is 4.45. The number of hydrogen-bond donors (Lipinski definition) is 0. The second-order valence-electron chi connectivity index (χ2n) is 6.20. The Hall–Kier alpha value is -2.24. The van der Waals surface area contributed by atoms with Crippen LogP contribution in [0.4, 0.5) is 0 Å². The van der Waals surface area contributed by atoms with Gasteiger partial charge in [0.2, 0.25) is 5.91 Å². The Morgan fingerprint density at radius 1 is 0.960 bits per heavy atom. The minimum atomic E-state index is -0.0426. The van der Waals surface area contributed by atoms with E-state index >= 15 is 0 Å². The van der Waals surface area contributed by atoms with Crippen LogP contribution in [0.1, 0.15) is 43.0 Å². The Bertz CT molecular complexity index is 595. The molecule has 0 aliphatic carbocycles. The van der Waals surface area contributed by atoms with Gasteiger partial charge in [0.25, 0.3) is 5.91 Å². The molecule has 1 fully saturated rings. The monoisotopic (exact) mass is 348 g/mol. The van der Waals surface area contributed by atoms with E-state index in [0.29, 0.717) is 49.7 Å². The number of hydrogen-bond acceptors (Lipinski definition) is 4. The van der Waals surface area contributed by atoms with Gasteiger partial charge in [-0.25, -0.2) is 0 Å². The van der Waals surface area contributed by atoms with Gasteiger partial charge in [-0.3, -0.25) is 9.59 Å². The first-order chi connectivity index (χ1) is 12.1. The average molecular weight is 348 g/mol. The third-order valence-electron chi connectivity index (χ3n) is 4.54. The number of unbranched alkanes of at least 4 members (excludes halogenated alkanes) is 2. The smallest absolute Gasteiger partial charge is 0.254 e. The molecule has 6 heteroatoms. The van der Waals surface area contributed by atoms with Crippen LogP contribution >= 0.6 is 0 Å². The summed E-state index contributed by atoms with van der Waals surface area (Å²) in [4.78, 5) is 28.5. The fourth-order valence-corrected chi connectivity index (χ4v) is 3.00. The summed E-state index contributed by atoms with van der Waals surface area (Å²) in [5.41, 5.74) is 0.570. The van der Waals surface area contributed by atoms with Gasteiger partial charge in [-0.15, -0.1) is 0 Å². The molecule has 0 atom stereocenters. The standard InChI is InChI=1S/C19H28N2O4/c1-4-5-6-7-18(22)20-10-12-21(13-11-20)19(23)15-8-9-16(24-2)17(14-15)25-3/h8-9,14H,4-7,10-13H2,1-3H3. The highest BCUT2D eigenvalue weighted by Crippen LogP contribution is 2.28. The molecule has 2 amide bonds. The predicted octanol–water partition coefficient (Wildman–Crippen LogP) is 2.57. The summed E-state index contributed by atoms with van der Waals surface area (Å²) in [5.74, 6) is 1.30. The third kappa shape index (κ3) is 4.87. The molecule has 2 rings (SSSR count). The van der Waals surface area contributed by atoms with Crippen LogP contribution in [0.15, 0.2) is 18.2 Å². The van der Waals surface area contributed by atoms with Crippen molar-refractivity contribution in [3.63, 3.8) is 0 Å². The van der Waals surface area contributed by atoms with Crippen molar-refractivity contribution in [2.45, 2.75) is 32.6 Å². The molecule has 1 aromatic carbocycles. The van der Waals surface area contributed by atoms with Crippen LogP contribution < -0.4 is 9.47 Å². The molecule has 0 radical (unpaired) electrons. The summed E-state index contributed by atoms with van der Waals surface area (Å²) in [6, 6.07) is 5.18. The molecule has 0 N–H and O–H groups in total. The van der Waals surface area contributed by atoms with Crippen molar-refractivity contribution in [3.8, 4) is 11.5 Å². The number of carbonyl (C=O) groups is 2. The third-order valence-corrected chi connectivity index (χ3v) is 4.54. The fraction of sp³-hybridized carbons (Fsp3) is 0.579. The molecular formula is C19H28N2O4. The topological polar surface area (TPSA) is 59.1 Å². The summed E-state index contributed by atoms with van der Waals surface area (Å²) < 4.78 is 10.5. The van der Waals surface area contributed by atoms with E-state index < -0.39 is 0 Å². The average Bonchev–Trinajstić information content (AvgIpc) is 2.67. The maximum atomic E-state index is 12.7. The first kappa shape index (κ1) is 19.1. The summed E-state index contributed by atoms with van der Waals surface area (Å²) in [5, 5.41) is 0. The first-order valence-electron chi connectivity index (χ1n) is 8.89. The lowest BCUT2D eigenvalue weighted by atomic mass is 10.1. The highest BCUT2D eigenvalue weighted by molar-refractivity contribution is 5.95. The zero-order valence-corrected chi connectivity index (χ0v) is 15.4. The lowest BCUT2D eigenvalue weighted by Crippen LogP contribution is -2.50. The molecule has 0 aromatic heterocycles. The number of benzene rings is 1. The van der Waals surface area contributed by atoms with Gasteiger partial charge >= 0.3 is 0 Å². The number of amides is 2. The lowest BCUT2D eigenvalue weighted by molar-refractivity contribution is -0.132. The molecule has 6 nitrogen and oxygen atoms in total. The zero-order valence-electron chi connectivity index (χ0n) is 15.4. The largest absolute Gasteiger partial charge is 0.493 e. The molecule has 1 aliphatic heterocycles. The number of nitrogens with zero attached hydrogens (tertiary/aromatic N) is 2. The van der Waals surface area contributed by atoms with Crippen molar-refractivity contribution < 1.29 is 19.1 Å². The van der Waals surface area contributed by atoms with Crippen LogP contribution in [-0.4, -0.2) is 62.0 Å². The van der Waals surface area contributed by atoms with Gasteiger partial charge in [-0.05, 0) is 24.6 Å². The van der Waals surface area contributed by atoms with Crippen LogP contribution in [0, 0.1) is 0 Å². The fourth-order valence-electron chi connectivity index (χ4n) is 3.00. The van der Waals surface area contributed by atoms with E-state index in [1.807, 2.05) is 4.90 Å². The van der Waals surface area contributed by atoms with Crippen LogP contribution in [0.25, 0.3) is 0 Å². The van der Waals surface area contributed by atoms with Crippen LogP contribution in [0.3, 0.4) is 0 Å². The van der Waals surface area contributed by atoms with Crippen molar-refractivity contribution >= 4 is 11.8 Å². The Balaban J connectivity index is 1.92. The second-order valence-corrected chi connectivity index (χ2v) is 6.20. The molecule has 25 heavy (non-hydrogen) atoms. The Morgan fingerprint density at radius 3 is 2.20 bits per heavy atom. The normalized spacial score (nSPS) is 14.4. The van der Waals surface area contributed by atoms with Gasteiger partial charge < -0.3 is 19.3 Å². The summed E-state index contributed by atoms with van der Waals surface area (Å²) in [6.07, 6.45) is 3.75. The molecule has 0 saturated carbocycles. The van der Waals surface area contributed by atoms with Crippen molar-refractivity contribution in [2.24, 2.45) is 0 Å².